The summed E-state index contributed by atoms with van der Waals surface area (Å²) < 4.78 is 0. The van der Waals surface area contributed by atoms with Gasteiger partial charge >= 0.3 is 0 Å². The number of anilines is 1. The molecule has 1 fully saturated rings. The van der Waals surface area contributed by atoms with Gasteiger partial charge in [-0.1, -0.05) is 11.8 Å². The second-order valence-corrected chi connectivity index (χ2v) is 4.80. The van der Waals surface area contributed by atoms with Gasteiger partial charge in [0.1, 0.15) is 5.82 Å². The summed E-state index contributed by atoms with van der Waals surface area (Å²) in [6.07, 6.45) is 6.39. The van der Waals surface area contributed by atoms with Crippen LogP contribution >= 0.6 is 11.8 Å². The van der Waals surface area contributed by atoms with Crippen LogP contribution in [-0.4, -0.2) is 35.9 Å². The minimum Gasteiger partial charge on any atom is -0.370 e. The molecule has 0 radical (unpaired) electrons. The van der Waals surface area contributed by atoms with Gasteiger partial charge in [-0.05, 0) is 44.2 Å². The third kappa shape index (κ3) is 3.35. The summed E-state index contributed by atoms with van der Waals surface area (Å²) in [5.41, 5.74) is 0. The highest BCUT2D eigenvalue weighted by Crippen LogP contribution is 2.13. The van der Waals surface area contributed by atoms with Crippen molar-refractivity contribution in [3.8, 4) is 0 Å². The van der Waals surface area contributed by atoms with E-state index in [1.165, 1.54) is 19.4 Å². The van der Waals surface area contributed by atoms with Gasteiger partial charge in [0.25, 0.3) is 0 Å². The number of piperidine rings is 1. The number of nitrogens with one attached hydrogen (secondary N) is 2. The molecule has 16 heavy (non-hydrogen) atoms. The van der Waals surface area contributed by atoms with Crippen LogP contribution in [0.25, 0.3) is 0 Å². The summed E-state index contributed by atoms with van der Waals surface area (Å²) in [6.45, 7) is 3.28. The van der Waals surface area contributed by atoms with Crippen molar-refractivity contribution < 1.29 is 0 Å². The Morgan fingerprint density at radius 3 is 3.31 bits per heavy atom. The molecule has 1 aliphatic heterocycles. The van der Waals surface area contributed by atoms with E-state index in [9.17, 15) is 0 Å². The largest absolute Gasteiger partial charge is 0.370 e. The Morgan fingerprint density at radius 1 is 1.62 bits per heavy atom. The Bertz CT molecular complexity index is 326. The molecule has 1 aromatic heterocycles. The molecule has 1 aromatic rings. The topological polar surface area (TPSA) is 49.8 Å². The van der Waals surface area contributed by atoms with Crippen molar-refractivity contribution in [2.24, 2.45) is 5.92 Å². The highest BCUT2D eigenvalue weighted by molar-refractivity contribution is 7.98. The van der Waals surface area contributed by atoms with E-state index in [2.05, 4.69) is 20.6 Å². The van der Waals surface area contributed by atoms with E-state index in [0.717, 1.165) is 30.0 Å². The maximum Gasteiger partial charge on any atom is 0.189 e. The van der Waals surface area contributed by atoms with Gasteiger partial charge in [-0.3, -0.25) is 0 Å². The minimum absolute atomic E-state index is 0.724. The summed E-state index contributed by atoms with van der Waals surface area (Å²) in [4.78, 5) is 8.55. The summed E-state index contributed by atoms with van der Waals surface area (Å²) in [5, 5.41) is 7.63. The lowest BCUT2D eigenvalue weighted by molar-refractivity contribution is 0.392. The number of thioether (sulfide) groups is 1. The van der Waals surface area contributed by atoms with Crippen LogP contribution < -0.4 is 10.6 Å². The van der Waals surface area contributed by atoms with Gasteiger partial charge in [0, 0.05) is 12.7 Å². The Morgan fingerprint density at radius 2 is 2.56 bits per heavy atom. The maximum atomic E-state index is 4.40. The van der Waals surface area contributed by atoms with Crippen LogP contribution in [0.1, 0.15) is 12.8 Å². The molecule has 2 rings (SSSR count). The van der Waals surface area contributed by atoms with E-state index in [0.29, 0.717) is 0 Å². The molecule has 0 unspecified atom stereocenters. The molecule has 2 N–H and O–H groups in total. The van der Waals surface area contributed by atoms with Crippen LogP contribution in [0.2, 0.25) is 0 Å². The molecule has 1 atom stereocenters. The molecule has 1 aliphatic rings. The average molecular weight is 238 g/mol. The number of hydrogen-bond donors (Lipinski definition) is 2. The highest BCUT2D eigenvalue weighted by Gasteiger charge is 2.12. The van der Waals surface area contributed by atoms with Gasteiger partial charge in [-0.15, -0.1) is 0 Å². The molecular weight excluding hydrogens is 220 g/mol. The van der Waals surface area contributed by atoms with Crippen LogP contribution in [0.5, 0.6) is 0 Å². The van der Waals surface area contributed by atoms with Gasteiger partial charge in [-0.2, -0.15) is 0 Å². The van der Waals surface area contributed by atoms with Crippen LogP contribution in [0.3, 0.4) is 0 Å². The first-order chi connectivity index (χ1) is 7.88. The van der Waals surface area contributed by atoms with E-state index in [-0.39, 0.29) is 0 Å². The fraction of sp³-hybridized carbons (Fsp3) is 0.636. The first kappa shape index (κ1) is 11.7. The predicted molar refractivity (Wildman–Crippen MR) is 67.9 cm³/mol. The van der Waals surface area contributed by atoms with Gasteiger partial charge in [0.2, 0.25) is 0 Å². The van der Waals surface area contributed by atoms with E-state index in [1.54, 1.807) is 18.0 Å². The molecule has 2 heterocycles. The van der Waals surface area contributed by atoms with Crippen molar-refractivity contribution in [3.63, 3.8) is 0 Å². The second kappa shape index (κ2) is 6.06. The predicted octanol–water partition coefficient (Wildman–Crippen LogP) is 1.61. The van der Waals surface area contributed by atoms with Crippen molar-refractivity contribution in [2.45, 2.75) is 18.0 Å². The Balaban J connectivity index is 1.83. The van der Waals surface area contributed by atoms with Crippen LogP contribution in [0.4, 0.5) is 5.82 Å². The maximum absolute atomic E-state index is 4.40. The average Bonchev–Trinajstić information content (AvgIpc) is 2.38. The first-order valence-electron chi connectivity index (χ1n) is 5.70. The summed E-state index contributed by atoms with van der Waals surface area (Å²) in [6, 6.07) is 1.93. The third-order valence-corrected chi connectivity index (χ3v) is 3.35. The quantitative estimate of drug-likeness (QED) is 0.616. The van der Waals surface area contributed by atoms with Crippen LogP contribution in [0, 0.1) is 5.92 Å². The van der Waals surface area contributed by atoms with Crippen molar-refractivity contribution in [2.75, 3.05) is 31.2 Å². The molecule has 0 aliphatic carbocycles. The van der Waals surface area contributed by atoms with Crippen molar-refractivity contribution >= 4 is 17.6 Å². The zero-order valence-electron chi connectivity index (χ0n) is 9.57. The molecule has 0 amide bonds. The number of hydrogen-bond acceptors (Lipinski definition) is 5. The molecule has 0 saturated carbocycles. The Hall–Kier alpha value is -0.810. The normalized spacial score (nSPS) is 20.7. The Kier molecular flexibility index (Phi) is 4.42. The number of nitrogens with zero attached hydrogens (tertiary/aromatic N) is 2. The van der Waals surface area contributed by atoms with Gasteiger partial charge < -0.3 is 10.6 Å². The van der Waals surface area contributed by atoms with Gasteiger partial charge in [-0.25, -0.2) is 9.97 Å². The second-order valence-electron chi connectivity index (χ2n) is 4.02. The third-order valence-electron chi connectivity index (χ3n) is 2.79. The lowest BCUT2D eigenvalue weighted by Crippen LogP contribution is -2.33. The van der Waals surface area contributed by atoms with Gasteiger partial charge in [0.15, 0.2) is 5.16 Å². The smallest absolute Gasteiger partial charge is 0.189 e. The van der Waals surface area contributed by atoms with Crippen LogP contribution in [-0.2, 0) is 0 Å². The summed E-state index contributed by atoms with van der Waals surface area (Å²) >= 11 is 1.57. The first-order valence-corrected chi connectivity index (χ1v) is 6.92. The van der Waals surface area contributed by atoms with Crippen LogP contribution in [0.15, 0.2) is 17.4 Å². The van der Waals surface area contributed by atoms with E-state index >= 15 is 0 Å². The fourth-order valence-corrected chi connectivity index (χ4v) is 2.24. The molecule has 0 bridgehead atoms. The minimum atomic E-state index is 0.724. The van der Waals surface area contributed by atoms with Gasteiger partial charge in [0.05, 0.1) is 0 Å². The van der Waals surface area contributed by atoms with Crippen molar-refractivity contribution in [1.82, 2.24) is 15.3 Å². The highest BCUT2D eigenvalue weighted by atomic mass is 32.2. The molecular formula is C11H18N4S. The molecule has 0 aromatic carbocycles. The monoisotopic (exact) mass is 238 g/mol. The standard InChI is InChI=1S/C11H18N4S/c1-16-11-13-6-4-10(15-11)14-8-9-3-2-5-12-7-9/h4,6,9,12H,2-3,5,7-8H2,1H3,(H,13,14,15)/t9-/m0/s1. The molecule has 0 spiro atoms. The lowest BCUT2D eigenvalue weighted by atomic mass is 10.00. The zero-order chi connectivity index (χ0) is 11.2. The SMILES string of the molecule is CSc1nccc(NC[C@H]2CCCNC2)n1. The van der Waals surface area contributed by atoms with E-state index in [4.69, 9.17) is 0 Å². The Labute approximate surface area is 101 Å². The van der Waals surface area contributed by atoms with E-state index < -0.39 is 0 Å². The fourth-order valence-electron chi connectivity index (χ4n) is 1.88. The molecule has 1 saturated heterocycles. The summed E-state index contributed by atoms with van der Waals surface area (Å²) in [7, 11) is 0. The number of aromatic nitrogens is 2. The molecule has 5 heteroatoms. The molecule has 88 valence electrons. The van der Waals surface area contributed by atoms with Crippen molar-refractivity contribution in [3.05, 3.63) is 12.3 Å². The van der Waals surface area contributed by atoms with Crippen molar-refractivity contribution in [1.29, 1.82) is 0 Å². The number of rotatable bonds is 4. The molecule has 4 nitrogen and oxygen atoms in total. The zero-order valence-corrected chi connectivity index (χ0v) is 10.4. The van der Waals surface area contributed by atoms with E-state index in [1.807, 2.05) is 12.3 Å². The summed E-state index contributed by atoms with van der Waals surface area (Å²) in [5.74, 6) is 1.66. The lowest BCUT2D eigenvalue weighted by Gasteiger charge is -2.23.